The second kappa shape index (κ2) is 9.49. The molecule has 6 nitrogen and oxygen atoms in total. The molecule has 0 saturated heterocycles. The Morgan fingerprint density at radius 1 is 1.25 bits per heavy atom. The van der Waals surface area contributed by atoms with Gasteiger partial charge in [-0.2, -0.15) is 5.10 Å². The molecule has 7 heteroatoms. The Balaban J connectivity index is 2.10. The van der Waals surface area contributed by atoms with E-state index in [1.165, 1.54) is 5.56 Å². The summed E-state index contributed by atoms with van der Waals surface area (Å²) in [6.45, 7) is 10.1. The third-order valence-corrected chi connectivity index (χ3v) is 5.86. The number of nitrogens with zero attached hydrogens (tertiary/aromatic N) is 3. The van der Waals surface area contributed by atoms with E-state index in [0.29, 0.717) is 22.2 Å². The summed E-state index contributed by atoms with van der Waals surface area (Å²) < 4.78 is 13.4. The van der Waals surface area contributed by atoms with Gasteiger partial charge < -0.3 is 9.47 Å². The normalized spacial score (nSPS) is 16.1. The van der Waals surface area contributed by atoms with E-state index in [2.05, 4.69) is 43.0 Å². The molecule has 32 heavy (non-hydrogen) atoms. The van der Waals surface area contributed by atoms with Crippen molar-refractivity contribution in [3.63, 3.8) is 0 Å². The van der Waals surface area contributed by atoms with Gasteiger partial charge in [0.05, 0.1) is 16.6 Å². The summed E-state index contributed by atoms with van der Waals surface area (Å²) in [5.74, 6) is 0.213. The van der Waals surface area contributed by atoms with Crippen LogP contribution < -0.4 is 0 Å². The molecule has 1 heterocycles. The van der Waals surface area contributed by atoms with Crippen molar-refractivity contribution in [3.8, 4) is 0 Å². The van der Waals surface area contributed by atoms with Crippen LogP contribution >= 0.6 is 11.6 Å². The molecule has 1 atom stereocenters. The number of carbonyl (C=O) groups is 1. The molecule has 1 saturated carbocycles. The Morgan fingerprint density at radius 3 is 2.34 bits per heavy atom. The number of hydrogen-bond acceptors (Lipinski definition) is 5. The number of esters is 1. The first-order valence-electron chi connectivity index (χ1n) is 10.9. The summed E-state index contributed by atoms with van der Waals surface area (Å²) in [5.41, 5.74) is 4.19. The van der Waals surface area contributed by atoms with E-state index in [9.17, 15) is 4.79 Å². The SMILES string of the molecule is CN=C/C(=C(/OC(C)OC(=O)C1CC1)c1c(Cl)c(C)nn1C)c1ccc(C(C)(C)C)cc1. The van der Waals surface area contributed by atoms with E-state index in [4.69, 9.17) is 21.1 Å². The van der Waals surface area contributed by atoms with Crippen LogP contribution in [-0.2, 0) is 26.7 Å². The molecule has 3 rings (SSSR count). The van der Waals surface area contributed by atoms with Crippen LogP contribution in [0.4, 0.5) is 0 Å². The molecule has 0 amide bonds. The number of hydrogen-bond donors (Lipinski definition) is 0. The average Bonchev–Trinajstić information content (AvgIpc) is 3.52. The van der Waals surface area contributed by atoms with E-state index in [1.54, 1.807) is 24.9 Å². The lowest BCUT2D eigenvalue weighted by molar-refractivity contribution is -0.165. The van der Waals surface area contributed by atoms with Crippen LogP contribution in [0.3, 0.4) is 0 Å². The van der Waals surface area contributed by atoms with Crippen molar-refractivity contribution in [2.45, 2.75) is 59.2 Å². The van der Waals surface area contributed by atoms with Crippen molar-refractivity contribution in [1.29, 1.82) is 0 Å². The molecule has 1 aliphatic rings. The van der Waals surface area contributed by atoms with Crippen LogP contribution in [0.15, 0.2) is 29.3 Å². The number of aryl methyl sites for hydroxylation is 2. The zero-order valence-electron chi connectivity index (χ0n) is 19.9. The van der Waals surface area contributed by atoms with Gasteiger partial charge in [-0.3, -0.25) is 14.5 Å². The van der Waals surface area contributed by atoms with Crippen LogP contribution in [0.2, 0.25) is 5.02 Å². The molecule has 1 aliphatic carbocycles. The molecule has 1 aromatic heterocycles. The molecule has 0 aliphatic heterocycles. The topological polar surface area (TPSA) is 65.7 Å². The molecule has 172 valence electrons. The number of rotatable bonds is 7. The maximum absolute atomic E-state index is 12.2. The van der Waals surface area contributed by atoms with Crippen LogP contribution in [0.25, 0.3) is 11.3 Å². The van der Waals surface area contributed by atoms with E-state index < -0.39 is 6.29 Å². The second-order valence-corrected chi connectivity index (χ2v) is 9.60. The van der Waals surface area contributed by atoms with Gasteiger partial charge in [-0.15, -0.1) is 0 Å². The van der Waals surface area contributed by atoms with Gasteiger partial charge in [0.15, 0.2) is 5.76 Å². The largest absolute Gasteiger partial charge is 0.452 e. The molecule has 0 radical (unpaired) electrons. The van der Waals surface area contributed by atoms with E-state index in [0.717, 1.165) is 24.0 Å². The molecule has 2 aromatic rings. The Labute approximate surface area is 195 Å². The average molecular weight is 458 g/mol. The van der Waals surface area contributed by atoms with Crippen molar-refractivity contribution in [2.75, 3.05) is 7.05 Å². The maximum atomic E-state index is 12.2. The first-order chi connectivity index (χ1) is 15.0. The van der Waals surface area contributed by atoms with Crippen molar-refractivity contribution >= 4 is 35.1 Å². The molecule has 0 N–H and O–H groups in total. The predicted molar refractivity (Wildman–Crippen MR) is 129 cm³/mol. The number of allylic oxidation sites excluding steroid dienone is 1. The Morgan fingerprint density at radius 2 is 1.88 bits per heavy atom. The molecule has 0 spiro atoms. The highest BCUT2D eigenvalue weighted by Gasteiger charge is 2.33. The second-order valence-electron chi connectivity index (χ2n) is 9.23. The highest BCUT2D eigenvalue weighted by atomic mass is 35.5. The Kier molecular flexibility index (Phi) is 7.13. The minimum absolute atomic E-state index is 0.0161. The van der Waals surface area contributed by atoms with Crippen molar-refractivity contribution in [2.24, 2.45) is 18.0 Å². The van der Waals surface area contributed by atoms with Gasteiger partial charge in [-0.25, -0.2) is 0 Å². The summed E-state index contributed by atoms with van der Waals surface area (Å²) in [7, 11) is 3.51. The minimum atomic E-state index is -0.793. The highest BCUT2D eigenvalue weighted by molar-refractivity contribution is 6.33. The van der Waals surface area contributed by atoms with Crippen molar-refractivity contribution in [3.05, 3.63) is 51.8 Å². The van der Waals surface area contributed by atoms with Crippen LogP contribution in [-0.4, -0.2) is 35.3 Å². The maximum Gasteiger partial charge on any atom is 0.311 e. The van der Waals surface area contributed by atoms with Crippen LogP contribution in [0.1, 0.15) is 63.1 Å². The quantitative estimate of drug-likeness (QED) is 0.236. The van der Waals surface area contributed by atoms with Crippen molar-refractivity contribution in [1.82, 2.24) is 9.78 Å². The first-order valence-corrected chi connectivity index (χ1v) is 11.2. The van der Waals surface area contributed by atoms with Gasteiger partial charge in [0.1, 0.15) is 5.69 Å². The van der Waals surface area contributed by atoms with E-state index in [-0.39, 0.29) is 17.3 Å². The standard InChI is InChI=1S/C25H32ClN3O3/c1-15-21(26)22(29(7)28-15)23(31-16(2)32-24(30)18-8-9-18)20(14-27-6)17-10-12-19(13-11-17)25(3,4)5/h10-14,16,18H,8-9H2,1-7H3/b23-20-,27-14?. The number of aliphatic imine (C=N–C) groups is 1. The van der Waals surface area contributed by atoms with Crippen molar-refractivity contribution < 1.29 is 14.3 Å². The minimum Gasteiger partial charge on any atom is -0.452 e. The molecule has 1 aromatic carbocycles. The molecule has 1 unspecified atom stereocenters. The number of carbonyl (C=O) groups excluding carboxylic acids is 1. The highest BCUT2D eigenvalue weighted by Crippen LogP contribution is 2.35. The lowest BCUT2D eigenvalue weighted by Gasteiger charge is -2.22. The third kappa shape index (κ3) is 5.41. The van der Waals surface area contributed by atoms with E-state index >= 15 is 0 Å². The van der Waals surface area contributed by atoms with Gasteiger partial charge in [0.25, 0.3) is 0 Å². The van der Waals surface area contributed by atoms with Crippen LogP contribution in [0.5, 0.6) is 0 Å². The fourth-order valence-corrected chi connectivity index (χ4v) is 3.68. The summed E-state index contributed by atoms with van der Waals surface area (Å²) in [5, 5.41) is 4.92. The Bertz CT molecular complexity index is 1040. The monoisotopic (exact) mass is 457 g/mol. The summed E-state index contributed by atoms with van der Waals surface area (Å²) in [4.78, 5) is 16.4. The smallest absolute Gasteiger partial charge is 0.311 e. The van der Waals surface area contributed by atoms with Crippen LogP contribution in [0, 0.1) is 12.8 Å². The zero-order valence-corrected chi connectivity index (χ0v) is 20.7. The van der Waals surface area contributed by atoms with Gasteiger partial charge >= 0.3 is 5.97 Å². The molecular weight excluding hydrogens is 426 g/mol. The number of ether oxygens (including phenoxy) is 2. The lowest BCUT2D eigenvalue weighted by Crippen LogP contribution is -2.20. The molecular formula is C25H32ClN3O3. The Hall–Kier alpha value is -2.60. The number of benzene rings is 1. The number of aromatic nitrogens is 2. The fraction of sp³-hybridized carbons (Fsp3) is 0.480. The molecule has 0 bridgehead atoms. The summed E-state index contributed by atoms with van der Waals surface area (Å²) in [6.07, 6.45) is 2.68. The predicted octanol–water partition coefficient (Wildman–Crippen LogP) is 5.56. The summed E-state index contributed by atoms with van der Waals surface area (Å²) in [6, 6.07) is 8.28. The number of halogens is 1. The summed E-state index contributed by atoms with van der Waals surface area (Å²) >= 11 is 6.63. The van der Waals surface area contributed by atoms with Gasteiger partial charge in [-0.1, -0.05) is 56.6 Å². The zero-order chi connectivity index (χ0) is 23.6. The first kappa shape index (κ1) is 24.1. The fourth-order valence-electron chi connectivity index (χ4n) is 3.44. The third-order valence-electron chi connectivity index (χ3n) is 5.41. The van der Waals surface area contributed by atoms with E-state index in [1.807, 2.05) is 26.1 Å². The van der Waals surface area contributed by atoms with Gasteiger partial charge in [0, 0.05) is 32.8 Å². The lowest BCUT2D eigenvalue weighted by atomic mass is 9.86. The van der Waals surface area contributed by atoms with Gasteiger partial charge in [-0.05, 0) is 36.3 Å². The van der Waals surface area contributed by atoms with Gasteiger partial charge in [0.2, 0.25) is 6.29 Å². The molecule has 1 fully saturated rings.